The second-order valence-electron chi connectivity index (χ2n) is 4.40. The van der Waals surface area contributed by atoms with Crippen molar-refractivity contribution in [3.05, 3.63) is 0 Å². The van der Waals surface area contributed by atoms with Gasteiger partial charge < -0.3 is 21.6 Å². The maximum Gasteiger partial charge on any atom is 0.144 e. The standard InChI is InChI=1S/C11H22N4O2/c1-13-5-2-3-10(16)8-4-6-14-7-9(8)11(12)15-17/h8-9,13-14,17H,2-7H2,1H3,(H2,12,15). The number of amidine groups is 1. The first-order valence-corrected chi connectivity index (χ1v) is 6.06. The molecule has 1 fully saturated rings. The predicted molar refractivity (Wildman–Crippen MR) is 66.0 cm³/mol. The molecule has 1 saturated heterocycles. The minimum absolute atomic E-state index is 0.107. The largest absolute Gasteiger partial charge is 0.409 e. The molecule has 0 spiro atoms. The third-order valence-corrected chi connectivity index (χ3v) is 3.24. The molecule has 0 aromatic rings. The van der Waals surface area contributed by atoms with Crippen LogP contribution in [0.25, 0.3) is 0 Å². The molecule has 0 radical (unpaired) electrons. The number of carbonyl (C=O) groups excluding carboxylic acids is 1. The number of nitrogens with zero attached hydrogens (tertiary/aromatic N) is 1. The average molecular weight is 242 g/mol. The van der Waals surface area contributed by atoms with Crippen molar-refractivity contribution in [3.8, 4) is 0 Å². The Labute approximate surface area is 102 Å². The van der Waals surface area contributed by atoms with Gasteiger partial charge in [0.1, 0.15) is 11.6 Å². The number of hydrogen-bond acceptors (Lipinski definition) is 5. The van der Waals surface area contributed by atoms with Crippen molar-refractivity contribution in [3.63, 3.8) is 0 Å². The molecule has 0 bridgehead atoms. The molecule has 98 valence electrons. The smallest absolute Gasteiger partial charge is 0.144 e. The number of piperidine rings is 1. The predicted octanol–water partition coefficient (Wildman–Crippen LogP) is -0.473. The van der Waals surface area contributed by atoms with E-state index in [4.69, 9.17) is 10.9 Å². The molecule has 2 atom stereocenters. The van der Waals surface area contributed by atoms with E-state index in [1.807, 2.05) is 7.05 Å². The lowest BCUT2D eigenvalue weighted by Crippen LogP contribution is -2.46. The Morgan fingerprint density at radius 2 is 2.35 bits per heavy atom. The zero-order valence-electron chi connectivity index (χ0n) is 10.3. The lowest BCUT2D eigenvalue weighted by Gasteiger charge is -2.30. The lowest BCUT2D eigenvalue weighted by molar-refractivity contribution is -0.124. The van der Waals surface area contributed by atoms with Gasteiger partial charge in [-0.25, -0.2) is 0 Å². The number of hydrogen-bond donors (Lipinski definition) is 4. The third kappa shape index (κ3) is 3.98. The second-order valence-corrected chi connectivity index (χ2v) is 4.40. The number of rotatable bonds is 6. The van der Waals surface area contributed by atoms with Crippen molar-refractivity contribution in [2.75, 3.05) is 26.7 Å². The maximum absolute atomic E-state index is 12.1. The molecule has 0 aliphatic carbocycles. The molecule has 17 heavy (non-hydrogen) atoms. The molecule has 5 N–H and O–H groups in total. The van der Waals surface area contributed by atoms with Crippen LogP contribution >= 0.6 is 0 Å². The first kappa shape index (κ1) is 13.9. The summed E-state index contributed by atoms with van der Waals surface area (Å²) in [6, 6.07) is 0. The Bertz CT molecular complexity index is 281. The number of oxime groups is 1. The van der Waals surface area contributed by atoms with E-state index in [0.717, 1.165) is 25.9 Å². The first-order valence-electron chi connectivity index (χ1n) is 6.06. The highest BCUT2D eigenvalue weighted by Crippen LogP contribution is 2.22. The summed E-state index contributed by atoms with van der Waals surface area (Å²) in [6.07, 6.45) is 2.15. The van der Waals surface area contributed by atoms with Gasteiger partial charge in [0.05, 0.1) is 0 Å². The second kappa shape index (κ2) is 7.24. The van der Waals surface area contributed by atoms with Gasteiger partial charge in [0.25, 0.3) is 0 Å². The lowest BCUT2D eigenvalue weighted by atomic mass is 9.81. The topological polar surface area (TPSA) is 99.7 Å². The zero-order valence-corrected chi connectivity index (χ0v) is 10.3. The Morgan fingerprint density at radius 3 is 3.00 bits per heavy atom. The third-order valence-electron chi connectivity index (χ3n) is 3.24. The fourth-order valence-corrected chi connectivity index (χ4v) is 2.25. The van der Waals surface area contributed by atoms with Crippen LogP contribution in [-0.2, 0) is 4.79 Å². The van der Waals surface area contributed by atoms with Crippen LogP contribution in [0.15, 0.2) is 5.16 Å². The van der Waals surface area contributed by atoms with E-state index in [-0.39, 0.29) is 23.5 Å². The fourth-order valence-electron chi connectivity index (χ4n) is 2.25. The van der Waals surface area contributed by atoms with Gasteiger partial charge in [-0.2, -0.15) is 0 Å². The van der Waals surface area contributed by atoms with Crippen LogP contribution in [0.3, 0.4) is 0 Å². The van der Waals surface area contributed by atoms with Crippen molar-refractivity contribution < 1.29 is 10.0 Å². The molecule has 0 aromatic carbocycles. The van der Waals surface area contributed by atoms with Crippen LogP contribution in [0.2, 0.25) is 0 Å². The summed E-state index contributed by atoms with van der Waals surface area (Å²) in [7, 11) is 1.87. The molecule has 1 heterocycles. The van der Waals surface area contributed by atoms with E-state index in [1.54, 1.807) is 0 Å². The van der Waals surface area contributed by atoms with E-state index in [2.05, 4.69) is 15.8 Å². The van der Waals surface area contributed by atoms with Crippen LogP contribution in [0, 0.1) is 11.8 Å². The van der Waals surface area contributed by atoms with E-state index in [0.29, 0.717) is 13.0 Å². The zero-order chi connectivity index (χ0) is 12.7. The summed E-state index contributed by atoms with van der Waals surface area (Å²) >= 11 is 0. The fraction of sp³-hybridized carbons (Fsp3) is 0.818. The minimum atomic E-state index is -0.171. The Morgan fingerprint density at radius 1 is 1.59 bits per heavy atom. The van der Waals surface area contributed by atoms with Crippen LogP contribution in [0.1, 0.15) is 19.3 Å². The van der Waals surface area contributed by atoms with Crippen LogP contribution in [0.4, 0.5) is 0 Å². The number of carbonyl (C=O) groups is 1. The molecule has 1 aliphatic rings. The maximum atomic E-state index is 12.1. The average Bonchev–Trinajstić information content (AvgIpc) is 2.38. The Balaban J connectivity index is 2.55. The molecule has 0 aromatic heterocycles. The van der Waals surface area contributed by atoms with Gasteiger partial charge in [0.2, 0.25) is 0 Å². The number of Topliss-reactive ketones (excluding diaryl/α,β-unsaturated/α-hetero) is 1. The molecule has 6 heteroatoms. The minimum Gasteiger partial charge on any atom is -0.409 e. The Kier molecular flexibility index (Phi) is 5.93. The van der Waals surface area contributed by atoms with E-state index < -0.39 is 0 Å². The van der Waals surface area contributed by atoms with Crippen molar-refractivity contribution in [2.45, 2.75) is 19.3 Å². The van der Waals surface area contributed by atoms with E-state index in [9.17, 15) is 4.79 Å². The van der Waals surface area contributed by atoms with Crippen molar-refractivity contribution in [1.29, 1.82) is 0 Å². The SMILES string of the molecule is CNCCCC(=O)C1CCNCC1C(N)=NO. The van der Waals surface area contributed by atoms with Gasteiger partial charge in [-0.15, -0.1) is 0 Å². The van der Waals surface area contributed by atoms with Crippen molar-refractivity contribution >= 4 is 11.6 Å². The van der Waals surface area contributed by atoms with Crippen LogP contribution in [-0.4, -0.2) is 43.5 Å². The van der Waals surface area contributed by atoms with Crippen LogP contribution < -0.4 is 16.4 Å². The van der Waals surface area contributed by atoms with Gasteiger partial charge in [-0.1, -0.05) is 5.16 Å². The van der Waals surface area contributed by atoms with Gasteiger partial charge in [0.15, 0.2) is 0 Å². The first-order chi connectivity index (χ1) is 8.20. The highest BCUT2D eigenvalue weighted by molar-refractivity contribution is 5.90. The summed E-state index contributed by atoms with van der Waals surface area (Å²) < 4.78 is 0. The molecule has 6 nitrogen and oxygen atoms in total. The summed E-state index contributed by atoms with van der Waals surface area (Å²) in [5, 5.41) is 17.9. The molecule has 1 rings (SSSR count). The monoisotopic (exact) mass is 242 g/mol. The van der Waals surface area contributed by atoms with Gasteiger partial charge in [-0.05, 0) is 33.0 Å². The summed E-state index contributed by atoms with van der Waals surface area (Å²) in [6.45, 7) is 2.26. The quantitative estimate of drug-likeness (QED) is 0.166. The van der Waals surface area contributed by atoms with E-state index >= 15 is 0 Å². The number of ketones is 1. The van der Waals surface area contributed by atoms with Gasteiger partial charge in [-0.3, -0.25) is 4.79 Å². The van der Waals surface area contributed by atoms with Crippen molar-refractivity contribution in [2.24, 2.45) is 22.7 Å². The molecular formula is C11H22N4O2. The highest BCUT2D eigenvalue weighted by atomic mass is 16.4. The highest BCUT2D eigenvalue weighted by Gasteiger charge is 2.32. The normalized spacial score (nSPS) is 25.8. The molecular weight excluding hydrogens is 220 g/mol. The van der Waals surface area contributed by atoms with Gasteiger partial charge >= 0.3 is 0 Å². The summed E-state index contributed by atoms with van der Waals surface area (Å²) in [4.78, 5) is 12.1. The number of nitrogens with one attached hydrogen (secondary N) is 2. The summed E-state index contributed by atoms with van der Waals surface area (Å²) in [5.74, 6) is 0.0994. The van der Waals surface area contributed by atoms with Gasteiger partial charge in [0, 0.05) is 24.8 Å². The summed E-state index contributed by atoms with van der Waals surface area (Å²) in [5.41, 5.74) is 5.63. The van der Waals surface area contributed by atoms with E-state index in [1.165, 1.54) is 0 Å². The molecule has 0 amide bonds. The number of nitrogens with two attached hydrogens (primary N) is 1. The van der Waals surface area contributed by atoms with Crippen molar-refractivity contribution in [1.82, 2.24) is 10.6 Å². The molecule has 2 unspecified atom stereocenters. The Hall–Kier alpha value is -1.14. The molecule has 0 saturated carbocycles. The molecule has 1 aliphatic heterocycles. The van der Waals surface area contributed by atoms with Crippen LogP contribution in [0.5, 0.6) is 0 Å².